The molecule has 0 radical (unpaired) electrons. The summed E-state index contributed by atoms with van der Waals surface area (Å²) >= 11 is 0. The molecule has 3 rings (SSSR count). The van der Waals surface area contributed by atoms with Crippen LogP contribution in [0.25, 0.3) is 10.9 Å². The quantitative estimate of drug-likeness (QED) is 0.604. The minimum absolute atomic E-state index is 0.0944. The van der Waals surface area contributed by atoms with E-state index in [1.807, 2.05) is 54.7 Å². The van der Waals surface area contributed by atoms with E-state index >= 15 is 0 Å². The summed E-state index contributed by atoms with van der Waals surface area (Å²) < 4.78 is 5.26. The zero-order chi connectivity index (χ0) is 19.2. The summed E-state index contributed by atoms with van der Waals surface area (Å²) in [5.41, 5.74) is 9.36. The minimum atomic E-state index is -0.616. The number of rotatable bonds is 8. The summed E-state index contributed by atoms with van der Waals surface area (Å²) in [5, 5.41) is 1.10. The molecule has 0 spiro atoms. The number of methoxy groups -OCH3 is 1. The number of hydrogen-bond donors (Lipinski definition) is 2. The summed E-state index contributed by atoms with van der Waals surface area (Å²) in [6.45, 7) is 4.67. The third-order valence-corrected chi connectivity index (χ3v) is 4.60. The Labute approximate surface area is 159 Å². The normalized spacial score (nSPS) is 11.9. The number of nitrogens with two attached hydrogens (primary N) is 1. The van der Waals surface area contributed by atoms with Crippen LogP contribution in [0, 0.1) is 0 Å². The van der Waals surface area contributed by atoms with Crippen molar-refractivity contribution in [3.63, 3.8) is 0 Å². The predicted octanol–water partition coefficient (Wildman–Crippen LogP) is 3.26. The highest BCUT2D eigenvalue weighted by Gasteiger charge is 2.22. The van der Waals surface area contributed by atoms with Crippen molar-refractivity contribution in [1.29, 1.82) is 0 Å². The molecule has 0 unspecified atom stereocenters. The molecule has 0 aliphatic heterocycles. The molecular formula is C22H25N3O2. The highest BCUT2D eigenvalue weighted by atomic mass is 16.5. The van der Waals surface area contributed by atoms with E-state index in [-0.39, 0.29) is 5.91 Å². The number of para-hydroxylation sites is 1. The molecule has 5 heteroatoms. The van der Waals surface area contributed by atoms with Crippen molar-refractivity contribution in [2.45, 2.75) is 19.0 Å². The first-order valence-electron chi connectivity index (χ1n) is 8.95. The fourth-order valence-corrected chi connectivity index (χ4v) is 3.24. The lowest BCUT2D eigenvalue weighted by Gasteiger charge is -2.25. The van der Waals surface area contributed by atoms with Gasteiger partial charge in [0, 0.05) is 30.2 Å². The monoisotopic (exact) mass is 363 g/mol. The number of aromatic nitrogens is 1. The largest absolute Gasteiger partial charge is 0.497 e. The van der Waals surface area contributed by atoms with Gasteiger partial charge in [-0.3, -0.25) is 4.79 Å². The maximum atomic E-state index is 13.0. The number of benzene rings is 2. The number of aromatic amines is 1. The molecule has 0 saturated heterocycles. The molecule has 0 fully saturated rings. The molecule has 1 aromatic heterocycles. The first-order chi connectivity index (χ1) is 13.1. The Morgan fingerprint density at radius 3 is 2.89 bits per heavy atom. The molecule has 27 heavy (non-hydrogen) atoms. The van der Waals surface area contributed by atoms with Crippen LogP contribution in [0.2, 0.25) is 0 Å². The predicted molar refractivity (Wildman–Crippen MR) is 109 cm³/mol. The van der Waals surface area contributed by atoms with Crippen molar-refractivity contribution in [1.82, 2.24) is 9.88 Å². The van der Waals surface area contributed by atoms with Gasteiger partial charge in [0.05, 0.1) is 13.2 Å². The van der Waals surface area contributed by atoms with E-state index in [9.17, 15) is 4.79 Å². The molecule has 2 aromatic carbocycles. The molecule has 5 nitrogen and oxygen atoms in total. The second kappa shape index (κ2) is 8.56. The van der Waals surface area contributed by atoms with Crippen LogP contribution in [-0.4, -0.2) is 35.5 Å². The average molecular weight is 363 g/mol. The summed E-state index contributed by atoms with van der Waals surface area (Å²) in [4.78, 5) is 17.9. The zero-order valence-corrected chi connectivity index (χ0v) is 15.5. The van der Waals surface area contributed by atoms with E-state index in [2.05, 4.69) is 11.6 Å². The molecule has 1 atom stereocenters. The molecule has 0 aliphatic rings. The maximum absolute atomic E-state index is 13.0. The number of fused-ring (bicyclic) bond motifs is 1. The average Bonchev–Trinajstić information content (AvgIpc) is 3.10. The third kappa shape index (κ3) is 4.38. The van der Waals surface area contributed by atoms with Crippen LogP contribution >= 0.6 is 0 Å². The summed E-state index contributed by atoms with van der Waals surface area (Å²) in [6, 6.07) is 15.1. The van der Waals surface area contributed by atoms with E-state index in [4.69, 9.17) is 10.5 Å². The van der Waals surface area contributed by atoms with Crippen LogP contribution in [-0.2, 0) is 17.8 Å². The fourth-order valence-electron chi connectivity index (χ4n) is 3.24. The molecule has 1 heterocycles. The van der Waals surface area contributed by atoms with E-state index in [1.54, 1.807) is 18.1 Å². The van der Waals surface area contributed by atoms with Crippen molar-refractivity contribution < 1.29 is 9.53 Å². The van der Waals surface area contributed by atoms with Crippen molar-refractivity contribution in [2.24, 2.45) is 5.73 Å². The summed E-state index contributed by atoms with van der Waals surface area (Å²) in [6.07, 6.45) is 4.13. The van der Waals surface area contributed by atoms with Crippen molar-refractivity contribution in [2.75, 3.05) is 13.7 Å². The Balaban J connectivity index is 1.74. The first-order valence-corrected chi connectivity index (χ1v) is 8.95. The molecule has 140 valence electrons. The number of amides is 1. The topological polar surface area (TPSA) is 71.3 Å². The van der Waals surface area contributed by atoms with E-state index in [0.717, 1.165) is 27.8 Å². The van der Waals surface area contributed by atoms with Gasteiger partial charge in [-0.2, -0.15) is 0 Å². The fraction of sp³-hybridized carbons (Fsp3) is 0.227. The van der Waals surface area contributed by atoms with Gasteiger partial charge in [-0.05, 0) is 35.7 Å². The standard InChI is InChI=1S/C22H25N3O2/c1-3-11-25(15-16-7-6-8-18(12-16)27-2)22(26)20(23)13-17-14-24-21-10-5-4-9-19(17)21/h3-10,12,14,20,24H,1,11,13,15,23H2,2H3/t20-/m0/s1. The molecule has 0 bridgehead atoms. The zero-order valence-electron chi connectivity index (χ0n) is 15.5. The summed E-state index contributed by atoms with van der Waals surface area (Å²) in [7, 11) is 1.63. The van der Waals surface area contributed by atoms with Gasteiger partial charge in [0.15, 0.2) is 0 Å². The lowest BCUT2D eigenvalue weighted by atomic mass is 10.0. The molecule has 1 amide bonds. The van der Waals surface area contributed by atoms with Crippen LogP contribution in [0.15, 0.2) is 67.4 Å². The lowest BCUT2D eigenvalue weighted by molar-refractivity contribution is -0.132. The first kappa shape index (κ1) is 18.7. The Bertz CT molecular complexity index is 932. The number of nitrogens with one attached hydrogen (secondary N) is 1. The SMILES string of the molecule is C=CCN(Cc1cccc(OC)c1)C(=O)[C@@H](N)Cc1c[nH]c2ccccc12. The van der Waals surface area contributed by atoms with Crippen molar-refractivity contribution in [3.05, 3.63) is 78.5 Å². The van der Waals surface area contributed by atoms with Gasteiger partial charge in [-0.15, -0.1) is 6.58 Å². The number of H-pyrrole nitrogens is 1. The Morgan fingerprint density at radius 1 is 1.30 bits per heavy atom. The Hall–Kier alpha value is -3.05. The Morgan fingerprint density at radius 2 is 2.11 bits per heavy atom. The lowest BCUT2D eigenvalue weighted by Crippen LogP contribution is -2.44. The molecule has 3 aromatic rings. The smallest absolute Gasteiger partial charge is 0.240 e. The molecule has 3 N–H and O–H groups in total. The number of ether oxygens (including phenoxy) is 1. The number of nitrogens with zero attached hydrogens (tertiary/aromatic N) is 1. The second-order valence-corrected chi connectivity index (χ2v) is 6.53. The highest BCUT2D eigenvalue weighted by molar-refractivity contribution is 5.86. The minimum Gasteiger partial charge on any atom is -0.497 e. The number of hydrogen-bond acceptors (Lipinski definition) is 3. The third-order valence-electron chi connectivity index (χ3n) is 4.60. The van der Waals surface area contributed by atoms with Gasteiger partial charge in [0.2, 0.25) is 5.91 Å². The number of carbonyl (C=O) groups excluding carboxylic acids is 1. The highest BCUT2D eigenvalue weighted by Crippen LogP contribution is 2.20. The van der Waals surface area contributed by atoms with Crippen LogP contribution in [0.3, 0.4) is 0 Å². The van der Waals surface area contributed by atoms with Gasteiger partial charge in [0.25, 0.3) is 0 Å². The molecular weight excluding hydrogens is 338 g/mol. The number of carbonyl (C=O) groups is 1. The molecule has 0 aliphatic carbocycles. The van der Waals surface area contributed by atoms with E-state index < -0.39 is 6.04 Å². The van der Waals surface area contributed by atoms with Gasteiger partial charge < -0.3 is 20.4 Å². The molecule has 0 saturated carbocycles. The van der Waals surface area contributed by atoms with Crippen molar-refractivity contribution in [3.8, 4) is 5.75 Å². The van der Waals surface area contributed by atoms with Gasteiger partial charge in [-0.1, -0.05) is 36.4 Å². The van der Waals surface area contributed by atoms with Crippen LogP contribution in [0.1, 0.15) is 11.1 Å². The Kier molecular flexibility index (Phi) is 5.94. The van der Waals surface area contributed by atoms with Crippen molar-refractivity contribution >= 4 is 16.8 Å². The van der Waals surface area contributed by atoms with Crippen LogP contribution < -0.4 is 10.5 Å². The van der Waals surface area contributed by atoms with Gasteiger partial charge in [-0.25, -0.2) is 0 Å². The maximum Gasteiger partial charge on any atom is 0.240 e. The van der Waals surface area contributed by atoms with Crippen LogP contribution in [0.4, 0.5) is 0 Å². The summed E-state index contributed by atoms with van der Waals surface area (Å²) in [5.74, 6) is 0.671. The van der Waals surface area contributed by atoms with Gasteiger partial charge >= 0.3 is 0 Å². The van der Waals surface area contributed by atoms with E-state index in [1.165, 1.54) is 0 Å². The van der Waals surface area contributed by atoms with E-state index in [0.29, 0.717) is 19.5 Å². The van der Waals surface area contributed by atoms with Crippen LogP contribution in [0.5, 0.6) is 5.75 Å². The second-order valence-electron chi connectivity index (χ2n) is 6.53. The van der Waals surface area contributed by atoms with Gasteiger partial charge in [0.1, 0.15) is 5.75 Å².